The van der Waals surface area contributed by atoms with Gasteiger partial charge in [-0.25, -0.2) is 4.79 Å². The zero-order valence-electron chi connectivity index (χ0n) is 24.1. The highest BCUT2D eigenvalue weighted by molar-refractivity contribution is 5.79. The Hall–Kier alpha value is -3.50. The van der Waals surface area contributed by atoms with Crippen LogP contribution in [0.3, 0.4) is 0 Å². The predicted molar refractivity (Wildman–Crippen MR) is 146 cm³/mol. The number of amides is 2. The van der Waals surface area contributed by atoms with Crippen LogP contribution in [0, 0.1) is 0 Å². The first kappa shape index (κ1) is 37.5. The molecule has 0 saturated carbocycles. The minimum atomic E-state index is -1.23. The minimum absolute atomic E-state index is 0.0211. The van der Waals surface area contributed by atoms with Crippen LogP contribution >= 0.6 is 0 Å². The van der Waals surface area contributed by atoms with Crippen molar-refractivity contribution in [2.75, 3.05) is 72.0 Å². The molecule has 0 aliphatic heterocycles. The van der Waals surface area contributed by atoms with Crippen LogP contribution in [0.25, 0.3) is 0 Å². The number of ether oxygens (including phenoxy) is 1. The lowest BCUT2D eigenvalue weighted by Crippen LogP contribution is -2.46. The number of hydrogen-bond acceptors (Lipinski definition) is 10. The molecule has 16 nitrogen and oxygen atoms in total. The standard InChI is InChI=1S/C25H45N5O11/c1-25(2,3)41-24(40)27-9-7-5-4-6-8-26-19(31)14-29(16-21(34)35)12-10-28(15-20(32)33)11-13-30(17-22(36)37)18-23(38)39/h4-18H2,1-3H3,(H,26,31)(H,27,40)(H,32,33)(H,34,35)(H,36,37)(H,38,39). The fraction of sp³-hybridized carbons (Fsp3) is 0.760. The summed E-state index contributed by atoms with van der Waals surface area (Å²) in [5.74, 6) is -5.20. The number of carbonyl (C=O) groups excluding carboxylic acids is 2. The van der Waals surface area contributed by atoms with Crippen molar-refractivity contribution >= 4 is 35.9 Å². The first-order chi connectivity index (χ1) is 19.1. The quantitative estimate of drug-likeness (QED) is 0.0819. The number of rotatable bonds is 23. The van der Waals surface area contributed by atoms with E-state index >= 15 is 0 Å². The fourth-order valence-corrected chi connectivity index (χ4v) is 3.62. The highest BCUT2D eigenvalue weighted by atomic mass is 16.6. The number of aliphatic carboxylic acids is 4. The molecule has 0 bridgehead atoms. The van der Waals surface area contributed by atoms with E-state index in [0.717, 1.165) is 24.2 Å². The second-order valence-electron chi connectivity index (χ2n) is 10.5. The van der Waals surface area contributed by atoms with Crippen molar-refractivity contribution in [1.82, 2.24) is 25.3 Å². The van der Waals surface area contributed by atoms with E-state index in [-0.39, 0.29) is 32.7 Å². The Balaban J connectivity index is 4.59. The summed E-state index contributed by atoms with van der Waals surface area (Å²) in [6, 6.07) is 0. The maximum Gasteiger partial charge on any atom is 0.407 e. The molecule has 0 aromatic heterocycles. The predicted octanol–water partition coefficient (Wildman–Crippen LogP) is -0.568. The molecule has 0 fully saturated rings. The van der Waals surface area contributed by atoms with Crippen LogP contribution in [0.5, 0.6) is 0 Å². The average molecular weight is 592 g/mol. The van der Waals surface area contributed by atoms with Gasteiger partial charge in [0, 0.05) is 39.3 Å². The van der Waals surface area contributed by atoms with Gasteiger partial charge in [-0.1, -0.05) is 12.8 Å². The molecule has 0 radical (unpaired) electrons. The smallest absolute Gasteiger partial charge is 0.407 e. The second-order valence-corrected chi connectivity index (χ2v) is 10.5. The van der Waals surface area contributed by atoms with Crippen molar-refractivity contribution in [3.8, 4) is 0 Å². The number of nitrogens with zero attached hydrogens (tertiary/aromatic N) is 3. The van der Waals surface area contributed by atoms with Crippen LogP contribution in [0.1, 0.15) is 46.5 Å². The van der Waals surface area contributed by atoms with Gasteiger partial charge in [-0.2, -0.15) is 0 Å². The van der Waals surface area contributed by atoms with Crippen molar-refractivity contribution in [1.29, 1.82) is 0 Å². The molecule has 6 N–H and O–H groups in total. The van der Waals surface area contributed by atoms with Crippen LogP contribution in [0.4, 0.5) is 4.79 Å². The molecule has 41 heavy (non-hydrogen) atoms. The zero-order valence-corrected chi connectivity index (χ0v) is 24.1. The van der Waals surface area contributed by atoms with E-state index in [4.69, 9.17) is 14.9 Å². The van der Waals surface area contributed by atoms with E-state index in [1.165, 1.54) is 9.80 Å². The van der Waals surface area contributed by atoms with Gasteiger partial charge in [-0.3, -0.25) is 38.7 Å². The van der Waals surface area contributed by atoms with Crippen molar-refractivity contribution in [2.24, 2.45) is 0 Å². The number of alkyl carbamates (subject to hydrolysis) is 1. The van der Waals surface area contributed by atoms with Gasteiger partial charge in [0.15, 0.2) is 0 Å². The maximum absolute atomic E-state index is 12.4. The third-order valence-corrected chi connectivity index (χ3v) is 5.36. The summed E-state index contributed by atoms with van der Waals surface area (Å²) in [7, 11) is 0. The summed E-state index contributed by atoms with van der Waals surface area (Å²) in [5.41, 5.74) is -0.561. The Morgan fingerprint density at radius 1 is 0.561 bits per heavy atom. The molecular formula is C25H45N5O11. The summed E-state index contributed by atoms with van der Waals surface area (Å²) in [6.07, 6.45) is 2.59. The molecule has 0 rings (SSSR count). The summed E-state index contributed by atoms with van der Waals surface area (Å²) in [6.45, 7) is 4.07. The number of carbonyl (C=O) groups is 6. The lowest BCUT2D eigenvalue weighted by Gasteiger charge is -2.27. The van der Waals surface area contributed by atoms with Gasteiger partial charge in [0.25, 0.3) is 0 Å². The third-order valence-electron chi connectivity index (χ3n) is 5.36. The first-order valence-electron chi connectivity index (χ1n) is 13.3. The molecule has 0 atom stereocenters. The second kappa shape index (κ2) is 20.4. The largest absolute Gasteiger partial charge is 0.480 e. The maximum atomic E-state index is 12.4. The van der Waals surface area contributed by atoms with Gasteiger partial charge in [0.1, 0.15) is 5.60 Å². The van der Waals surface area contributed by atoms with E-state index in [2.05, 4.69) is 10.6 Å². The van der Waals surface area contributed by atoms with Crippen molar-refractivity contribution in [3.05, 3.63) is 0 Å². The van der Waals surface area contributed by atoms with Gasteiger partial charge in [0.05, 0.1) is 32.7 Å². The molecule has 0 spiro atoms. The van der Waals surface area contributed by atoms with Crippen LogP contribution in [-0.2, 0) is 28.7 Å². The number of unbranched alkanes of at least 4 members (excludes halogenated alkanes) is 3. The summed E-state index contributed by atoms with van der Waals surface area (Å²) in [5, 5.41) is 41.8. The van der Waals surface area contributed by atoms with Gasteiger partial charge < -0.3 is 35.8 Å². The van der Waals surface area contributed by atoms with Crippen LogP contribution in [-0.4, -0.2) is 149 Å². The van der Waals surface area contributed by atoms with E-state index in [9.17, 15) is 39.0 Å². The zero-order chi connectivity index (χ0) is 31.4. The minimum Gasteiger partial charge on any atom is -0.480 e. The molecular weight excluding hydrogens is 546 g/mol. The van der Waals surface area contributed by atoms with Gasteiger partial charge in [0.2, 0.25) is 5.91 Å². The van der Waals surface area contributed by atoms with E-state index in [1.807, 2.05) is 0 Å². The van der Waals surface area contributed by atoms with E-state index in [0.29, 0.717) is 19.5 Å². The Morgan fingerprint density at radius 3 is 1.34 bits per heavy atom. The van der Waals surface area contributed by atoms with Gasteiger partial charge >= 0.3 is 30.0 Å². The number of hydrogen-bond donors (Lipinski definition) is 6. The van der Waals surface area contributed by atoms with Gasteiger partial charge in [-0.15, -0.1) is 0 Å². The molecule has 236 valence electrons. The molecule has 2 amide bonds. The topological polar surface area (TPSA) is 226 Å². The SMILES string of the molecule is CC(C)(C)OC(=O)NCCCCCCNC(=O)CN(CCN(CCN(CC(=O)O)CC(=O)O)CC(=O)O)CC(=O)O. The monoisotopic (exact) mass is 591 g/mol. The Bertz CT molecular complexity index is 847. The molecule has 0 unspecified atom stereocenters. The lowest BCUT2D eigenvalue weighted by molar-refractivity contribution is -0.143. The van der Waals surface area contributed by atoms with Crippen LogP contribution in [0.15, 0.2) is 0 Å². The summed E-state index contributed by atoms with van der Waals surface area (Å²) in [4.78, 5) is 72.4. The molecule has 0 aromatic carbocycles. The van der Waals surface area contributed by atoms with Crippen LogP contribution in [0.2, 0.25) is 0 Å². The Morgan fingerprint density at radius 2 is 0.927 bits per heavy atom. The van der Waals surface area contributed by atoms with Crippen molar-refractivity contribution in [3.63, 3.8) is 0 Å². The molecule has 0 heterocycles. The lowest BCUT2D eigenvalue weighted by atomic mass is 10.2. The third kappa shape index (κ3) is 24.1. The molecule has 0 aliphatic rings. The highest BCUT2D eigenvalue weighted by Gasteiger charge is 2.19. The molecule has 16 heteroatoms. The first-order valence-corrected chi connectivity index (χ1v) is 13.3. The summed E-state index contributed by atoms with van der Waals surface area (Å²) >= 11 is 0. The van der Waals surface area contributed by atoms with Crippen molar-refractivity contribution < 1.29 is 53.9 Å². The van der Waals surface area contributed by atoms with Crippen LogP contribution < -0.4 is 10.6 Å². The Labute approximate surface area is 239 Å². The van der Waals surface area contributed by atoms with Gasteiger partial charge in [-0.05, 0) is 33.6 Å². The van der Waals surface area contributed by atoms with E-state index in [1.54, 1.807) is 20.8 Å². The Kier molecular flexibility index (Phi) is 18.6. The molecule has 0 saturated heterocycles. The fourth-order valence-electron chi connectivity index (χ4n) is 3.62. The number of carboxylic acid groups (broad SMARTS) is 4. The highest BCUT2D eigenvalue weighted by Crippen LogP contribution is 2.06. The van der Waals surface area contributed by atoms with E-state index < -0.39 is 67.7 Å². The van der Waals surface area contributed by atoms with Crippen molar-refractivity contribution in [2.45, 2.75) is 52.1 Å². The number of carboxylic acids is 4. The molecule has 0 aromatic rings. The number of nitrogens with one attached hydrogen (secondary N) is 2. The normalized spacial score (nSPS) is 11.5. The average Bonchev–Trinajstić information content (AvgIpc) is 2.79. The molecule has 0 aliphatic carbocycles. The summed E-state index contributed by atoms with van der Waals surface area (Å²) < 4.78 is 5.15.